The Bertz CT molecular complexity index is 1240. The zero-order valence-electron chi connectivity index (χ0n) is 16.9. The van der Waals surface area contributed by atoms with Crippen molar-refractivity contribution in [3.8, 4) is 0 Å². The molecule has 0 spiro atoms. The molecule has 2 aromatic heterocycles. The number of hydrogen-bond acceptors (Lipinski definition) is 2. The molecule has 5 heteroatoms. The van der Waals surface area contributed by atoms with Gasteiger partial charge in [0.2, 0.25) is 5.91 Å². The second-order valence-electron chi connectivity index (χ2n) is 8.94. The number of fused-ring (bicyclic) bond motifs is 4. The van der Waals surface area contributed by atoms with Gasteiger partial charge in [0.1, 0.15) is 0 Å². The van der Waals surface area contributed by atoms with Gasteiger partial charge < -0.3 is 15.3 Å². The molecule has 2 bridgehead atoms. The van der Waals surface area contributed by atoms with E-state index in [1.807, 2.05) is 24.4 Å². The van der Waals surface area contributed by atoms with Crippen molar-refractivity contribution in [3.63, 3.8) is 0 Å². The number of hydrogen-bond donors (Lipinski definition) is 2. The van der Waals surface area contributed by atoms with Crippen LogP contribution in [0.15, 0.2) is 60.9 Å². The zero-order valence-corrected chi connectivity index (χ0v) is 16.9. The lowest BCUT2D eigenvalue weighted by atomic mass is 9.96. The molecule has 0 aliphatic carbocycles. The highest BCUT2D eigenvalue weighted by molar-refractivity contribution is 5.97. The summed E-state index contributed by atoms with van der Waals surface area (Å²) in [4.78, 5) is 17.7. The maximum atomic E-state index is 11.7. The van der Waals surface area contributed by atoms with Crippen molar-refractivity contribution < 1.29 is 4.79 Å². The third-order valence-corrected chi connectivity index (χ3v) is 7.24. The molecule has 2 saturated heterocycles. The Labute approximate surface area is 175 Å². The number of aromatic nitrogens is 2. The van der Waals surface area contributed by atoms with E-state index in [1.165, 1.54) is 34.7 Å². The van der Waals surface area contributed by atoms with Crippen LogP contribution in [0.3, 0.4) is 0 Å². The van der Waals surface area contributed by atoms with Crippen LogP contribution in [0, 0.1) is 0 Å². The lowest BCUT2D eigenvalue weighted by molar-refractivity contribution is 0.0997. The van der Waals surface area contributed by atoms with Gasteiger partial charge in [0.05, 0.1) is 0 Å². The van der Waals surface area contributed by atoms with E-state index in [0.29, 0.717) is 23.7 Å². The van der Waals surface area contributed by atoms with E-state index in [2.05, 4.69) is 51.0 Å². The summed E-state index contributed by atoms with van der Waals surface area (Å²) in [5.41, 5.74) is 9.83. The molecule has 3 atom stereocenters. The molecule has 2 aromatic carbocycles. The molecular weight excluding hydrogens is 372 g/mol. The molecule has 152 valence electrons. The van der Waals surface area contributed by atoms with E-state index in [9.17, 15) is 4.79 Å². The average Bonchev–Trinajstić information content (AvgIpc) is 3.43. The molecule has 0 saturated carbocycles. The van der Waals surface area contributed by atoms with Gasteiger partial charge in [-0.25, -0.2) is 0 Å². The molecule has 2 aliphatic heterocycles. The molecule has 4 heterocycles. The van der Waals surface area contributed by atoms with E-state index in [0.717, 1.165) is 24.9 Å². The summed E-state index contributed by atoms with van der Waals surface area (Å²) < 4.78 is 2.39. The van der Waals surface area contributed by atoms with Gasteiger partial charge in [-0.15, -0.1) is 0 Å². The van der Waals surface area contributed by atoms with Crippen LogP contribution in [0.5, 0.6) is 0 Å². The Morgan fingerprint density at radius 3 is 2.60 bits per heavy atom. The first-order chi connectivity index (χ1) is 14.7. The number of benzene rings is 2. The van der Waals surface area contributed by atoms with E-state index >= 15 is 0 Å². The molecular formula is C25H26N4O. The van der Waals surface area contributed by atoms with E-state index in [4.69, 9.17) is 5.73 Å². The average molecular weight is 399 g/mol. The summed E-state index contributed by atoms with van der Waals surface area (Å²) in [7, 11) is 0. The molecule has 1 amide bonds. The number of carbonyl (C=O) groups is 1. The Balaban J connectivity index is 1.25. The van der Waals surface area contributed by atoms with Crippen molar-refractivity contribution in [2.75, 3.05) is 0 Å². The van der Waals surface area contributed by atoms with Gasteiger partial charge in [0, 0.05) is 53.7 Å². The monoisotopic (exact) mass is 398 g/mol. The molecule has 30 heavy (non-hydrogen) atoms. The third kappa shape index (κ3) is 2.84. The third-order valence-electron chi connectivity index (χ3n) is 7.24. The fourth-order valence-electron chi connectivity index (χ4n) is 5.76. The number of nitrogens with two attached hydrogens (primary N) is 1. The summed E-state index contributed by atoms with van der Waals surface area (Å²) in [6.45, 7) is 1.03. The number of piperidine rings is 1. The molecule has 5 nitrogen and oxygen atoms in total. The Morgan fingerprint density at radius 1 is 0.967 bits per heavy atom. The predicted octanol–water partition coefficient (Wildman–Crippen LogP) is 4.59. The van der Waals surface area contributed by atoms with Crippen LogP contribution in [0.2, 0.25) is 0 Å². The molecule has 1 unspecified atom stereocenters. The van der Waals surface area contributed by atoms with Gasteiger partial charge in [-0.3, -0.25) is 9.69 Å². The summed E-state index contributed by atoms with van der Waals surface area (Å²) in [5, 5.41) is 2.47. The van der Waals surface area contributed by atoms with Gasteiger partial charge >= 0.3 is 0 Å². The fourth-order valence-corrected chi connectivity index (χ4v) is 5.76. The van der Waals surface area contributed by atoms with Crippen LogP contribution in [-0.4, -0.2) is 32.4 Å². The van der Waals surface area contributed by atoms with Crippen LogP contribution < -0.4 is 5.73 Å². The van der Waals surface area contributed by atoms with Gasteiger partial charge in [-0.2, -0.15) is 0 Å². The number of H-pyrrole nitrogens is 1. The SMILES string of the molecule is NC(=O)c1ccc2ccn(C3C[C@H]4CC[C@@H](C3)N4Cc3ccc4[nH]ccc4c3)c2c1. The first-order valence-corrected chi connectivity index (χ1v) is 10.9. The number of rotatable bonds is 4. The number of aromatic amines is 1. The number of nitrogens with one attached hydrogen (secondary N) is 1. The normalized spacial score (nSPS) is 24.1. The summed E-state index contributed by atoms with van der Waals surface area (Å²) in [6.07, 6.45) is 9.07. The van der Waals surface area contributed by atoms with Crippen molar-refractivity contribution in [1.29, 1.82) is 0 Å². The van der Waals surface area contributed by atoms with Gasteiger partial charge in [0.15, 0.2) is 0 Å². The van der Waals surface area contributed by atoms with Crippen molar-refractivity contribution in [2.24, 2.45) is 5.73 Å². The van der Waals surface area contributed by atoms with Crippen molar-refractivity contribution in [1.82, 2.24) is 14.5 Å². The standard InChI is InChI=1S/C25H26N4O/c26-25(30)19-3-2-17-8-10-28(24(17)12-19)22-13-20-4-5-21(14-22)29(20)15-16-1-6-23-18(11-16)7-9-27-23/h1-3,6-12,20-22,27H,4-5,13-15H2,(H2,26,30)/t20-,21+,22?. The van der Waals surface area contributed by atoms with Crippen molar-refractivity contribution >= 4 is 27.7 Å². The molecule has 3 N–H and O–H groups in total. The van der Waals surface area contributed by atoms with Gasteiger partial charge in [0.25, 0.3) is 0 Å². The lowest BCUT2D eigenvalue weighted by Gasteiger charge is -2.40. The van der Waals surface area contributed by atoms with E-state index in [1.54, 1.807) is 0 Å². The fraction of sp³-hybridized carbons (Fsp3) is 0.320. The second kappa shape index (κ2) is 6.74. The Kier molecular flexibility index (Phi) is 4.00. The summed E-state index contributed by atoms with van der Waals surface area (Å²) >= 11 is 0. The van der Waals surface area contributed by atoms with Crippen molar-refractivity contribution in [2.45, 2.75) is 50.4 Å². The van der Waals surface area contributed by atoms with Crippen LogP contribution in [0.25, 0.3) is 21.8 Å². The zero-order chi connectivity index (χ0) is 20.2. The minimum Gasteiger partial charge on any atom is -0.366 e. The molecule has 6 rings (SSSR count). The highest BCUT2D eigenvalue weighted by Gasteiger charge is 2.41. The number of nitrogens with zero attached hydrogens (tertiary/aromatic N) is 2. The highest BCUT2D eigenvalue weighted by Crippen LogP contribution is 2.42. The molecule has 2 aliphatic rings. The molecule has 0 radical (unpaired) electrons. The maximum absolute atomic E-state index is 11.7. The van der Waals surface area contributed by atoms with Gasteiger partial charge in [-0.1, -0.05) is 12.1 Å². The lowest BCUT2D eigenvalue weighted by Crippen LogP contribution is -2.42. The van der Waals surface area contributed by atoms with Gasteiger partial charge in [-0.05, 0) is 78.4 Å². The quantitative estimate of drug-likeness (QED) is 0.528. The number of carbonyl (C=O) groups excluding carboxylic acids is 1. The van der Waals surface area contributed by atoms with Crippen LogP contribution in [-0.2, 0) is 6.54 Å². The number of amides is 1. The first kappa shape index (κ1) is 17.8. The minimum atomic E-state index is -0.362. The summed E-state index contributed by atoms with van der Waals surface area (Å²) in [5.74, 6) is -0.362. The smallest absolute Gasteiger partial charge is 0.248 e. The molecule has 4 aromatic rings. The Hall–Kier alpha value is -3.05. The number of primary amides is 1. The van der Waals surface area contributed by atoms with Crippen LogP contribution >= 0.6 is 0 Å². The summed E-state index contributed by atoms with van der Waals surface area (Å²) in [6, 6.07) is 18.6. The van der Waals surface area contributed by atoms with Crippen molar-refractivity contribution in [3.05, 3.63) is 72.1 Å². The van der Waals surface area contributed by atoms with Crippen LogP contribution in [0.4, 0.5) is 0 Å². The first-order valence-electron chi connectivity index (χ1n) is 10.9. The van der Waals surface area contributed by atoms with E-state index < -0.39 is 0 Å². The Morgan fingerprint density at radius 2 is 1.80 bits per heavy atom. The topological polar surface area (TPSA) is 67.1 Å². The predicted molar refractivity (Wildman–Crippen MR) is 119 cm³/mol. The van der Waals surface area contributed by atoms with Crippen LogP contribution in [0.1, 0.15) is 47.6 Å². The maximum Gasteiger partial charge on any atom is 0.248 e. The van der Waals surface area contributed by atoms with E-state index in [-0.39, 0.29) is 5.91 Å². The second-order valence-corrected chi connectivity index (χ2v) is 8.94. The highest BCUT2D eigenvalue weighted by atomic mass is 16.1. The minimum absolute atomic E-state index is 0.362. The largest absolute Gasteiger partial charge is 0.366 e. The molecule has 2 fully saturated rings.